The number of hydrogen-bond donors (Lipinski definition) is 1. The summed E-state index contributed by atoms with van der Waals surface area (Å²) in [5, 5.41) is 2.64. The van der Waals surface area contributed by atoms with Crippen LogP contribution in [-0.4, -0.2) is 23.8 Å². The Labute approximate surface area is 99.5 Å². The molecule has 0 spiro atoms. The van der Waals surface area contributed by atoms with Gasteiger partial charge in [0.15, 0.2) is 11.9 Å². The van der Waals surface area contributed by atoms with E-state index < -0.39 is 12.1 Å². The predicted octanol–water partition coefficient (Wildman–Crippen LogP) is 0.857. The van der Waals surface area contributed by atoms with Crippen molar-refractivity contribution in [2.45, 2.75) is 32.8 Å². The molecule has 0 heterocycles. The average molecular weight is 237 g/mol. The third kappa shape index (κ3) is 4.22. The second-order valence-corrected chi connectivity index (χ2v) is 3.69. The number of amides is 1. The van der Waals surface area contributed by atoms with Crippen molar-refractivity contribution in [2.24, 2.45) is 0 Å². The molecular weight excluding hydrogens is 222 g/mol. The van der Waals surface area contributed by atoms with Gasteiger partial charge in [0.25, 0.3) is 0 Å². The van der Waals surface area contributed by atoms with Crippen molar-refractivity contribution in [1.29, 1.82) is 0 Å². The number of carbonyl (C=O) groups excluding carboxylic acids is 3. The number of carbonyl (C=O) groups is 3. The topological polar surface area (TPSA) is 72.5 Å². The zero-order valence-electron chi connectivity index (χ0n) is 9.86. The summed E-state index contributed by atoms with van der Waals surface area (Å²) in [5.41, 5.74) is 0.481. The molecule has 1 N–H and O–H groups in total. The lowest BCUT2D eigenvalue weighted by Gasteiger charge is -2.16. The first-order chi connectivity index (χ1) is 8.02. The van der Waals surface area contributed by atoms with E-state index in [-0.39, 0.29) is 11.7 Å². The van der Waals surface area contributed by atoms with E-state index in [1.54, 1.807) is 0 Å². The molecule has 0 aromatic carbocycles. The van der Waals surface area contributed by atoms with E-state index in [4.69, 9.17) is 4.74 Å². The van der Waals surface area contributed by atoms with Crippen LogP contribution in [0.2, 0.25) is 0 Å². The smallest absolute Gasteiger partial charge is 0.303 e. The molecule has 0 saturated carbocycles. The number of rotatable bonds is 4. The van der Waals surface area contributed by atoms with E-state index in [0.29, 0.717) is 12.1 Å². The molecule has 1 amide bonds. The van der Waals surface area contributed by atoms with Crippen molar-refractivity contribution in [2.75, 3.05) is 0 Å². The van der Waals surface area contributed by atoms with Gasteiger partial charge in [-0.05, 0) is 24.6 Å². The number of ether oxygens (including phenoxy) is 1. The molecular formula is C12H15NO4. The van der Waals surface area contributed by atoms with Gasteiger partial charge in [-0.2, -0.15) is 0 Å². The summed E-state index contributed by atoms with van der Waals surface area (Å²) in [7, 11) is 0. The van der Waals surface area contributed by atoms with Crippen molar-refractivity contribution in [3.63, 3.8) is 0 Å². The van der Waals surface area contributed by atoms with Gasteiger partial charge in [-0.25, -0.2) is 0 Å². The fourth-order valence-electron chi connectivity index (χ4n) is 1.37. The maximum absolute atomic E-state index is 11.4. The van der Waals surface area contributed by atoms with Crippen LogP contribution in [0, 0.1) is 0 Å². The highest BCUT2D eigenvalue weighted by Gasteiger charge is 2.21. The quantitative estimate of drug-likeness (QED) is 0.736. The molecule has 0 unspecified atom stereocenters. The normalized spacial score (nSPS) is 18.6. The minimum Gasteiger partial charge on any atom is -0.450 e. The Bertz CT molecular complexity index is 395. The second kappa shape index (κ2) is 5.98. The van der Waals surface area contributed by atoms with Crippen LogP contribution in [0.3, 0.4) is 0 Å². The number of nitrogens with one attached hydrogen (secondary N) is 1. The number of esters is 1. The van der Waals surface area contributed by atoms with Crippen LogP contribution >= 0.6 is 0 Å². The Morgan fingerprint density at radius 2 is 2.12 bits per heavy atom. The molecule has 0 radical (unpaired) electrons. The van der Waals surface area contributed by atoms with Gasteiger partial charge in [0.2, 0.25) is 5.91 Å². The second-order valence-electron chi connectivity index (χ2n) is 3.69. The lowest BCUT2D eigenvalue weighted by atomic mass is 10.1. The van der Waals surface area contributed by atoms with Gasteiger partial charge < -0.3 is 10.1 Å². The van der Waals surface area contributed by atoms with E-state index in [9.17, 15) is 14.4 Å². The Morgan fingerprint density at radius 1 is 1.41 bits per heavy atom. The Balaban J connectivity index is 2.66. The summed E-state index contributed by atoms with van der Waals surface area (Å²) in [5.74, 6) is -0.970. The molecule has 5 heteroatoms. The lowest BCUT2D eigenvalue weighted by molar-refractivity contribution is -0.148. The summed E-state index contributed by atoms with van der Waals surface area (Å²) in [6.07, 6.45) is 4.43. The van der Waals surface area contributed by atoms with E-state index in [1.165, 1.54) is 25.2 Å². The average Bonchev–Trinajstić information content (AvgIpc) is 2.22. The fourth-order valence-corrected chi connectivity index (χ4v) is 1.37. The zero-order chi connectivity index (χ0) is 12.8. The summed E-state index contributed by atoms with van der Waals surface area (Å²) >= 11 is 0. The molecule has 17 heavy (non-hydrogen) atoms. The minimum atomic E-state index is -0.936. The third-order valence-corrected chi connectivity index (χ3v) is 2.09. The summed E-state index contributed by atoms with van der Waals surface area (Å²) in [6, 6.07) is 0. The number of allylic oxidation sites excluding steroid dienone is 1. The van der Waals surface area contributed by atoms with Crippen molar-refractivity contribution >= 4 is 17.7 Å². The van der Waals surface area contributed by atoms with Crippen LogP contribution in [0.4, 0.5) is 0 Å². The van der Waals surface area contributed by atoms with Gasteiger partial charge in [0, 0.05) is 19.0 Å². The van der Waals surface area contributed by atoms with Crippen LogP contribution in [0.25, 0.3) is 0 Å². The van der Waals surface area contributed by atoms with E-state index in [1.807, 2.05) is 6.92 Å². The van der Waals surface area contributed by atoms with Gasteiger partial charge in [0.1, 0.15) is 0 Å². The Hall–Kier alpha value is -1.91. The molecule has 0 saturated heterocycles. The highest BCUT2D eigenvalue weighted by Crippen LogP contribution is 2.09. The number of ketones is 1. The van der Waals surface area contributed by atoms with Gasteiger partial charge in [-0.15, -0.1) is 0 Å². The van der Waals surface area contributed by atoms with Gasteiger partial charge in [0.05, 0.1) is 0 Å². The highest BCUT2D eigenvalue weighted by atomic mass is 16.5. The zero-order valence-corrected chi connectivity index (χ0v) is 9.86. The van der Waals surface area contributed by atoms with Gasteiger partial charge in [-0.3, -0.25) is 14.4 Å². The van der Waals surface area contributed by atoms with Crippen molar-refractivity contribution in [3.05, 3.63) is 23.9 Å². The molecule has 0 aliphatic heterocycles. The minimum absolute atomic E-state index is 0.126. The van der Waals surface area contributed by atoms with Crippen LogP contribution < -0.4 is 5.32 Å². The largest absolute Gasteiger partial charge is 0.450 e. The predicted molar refractivity (Wildman–Crippen MR) is 60.8 cm³/mol. The maximum atomic E-state index is 11.4. The van der Waals surface area contributed by atoms with Gasteiger partial charge in [-0.1, -0.05) is 6.92 Å². The number of hydrogen-bond acceptors (Lipinski definition) is 4. The summed E-state index contributed by atoms with van der Waals surface area (Å²) in [4.78, 5) is 33.5. The standard InChI is InChI=1S/C12H15NO4/c1-3-4-12(16)13-9-5-6-10(15)11(7-9)17-8(2)14/h5-7,11H,3-4H2,1-2H3,(H,13,16)/t11-/m1/s1. The van der Waals surface area contributed by atoms with Gasteiger partial charge >= 0.3 is 5.97 Å². The van der Waals surface area contributed by atoms with E-state index in [2.05, 4.69) is 5.32 Å². The molecule has 1 atom stereocenters. The van der Waals surface area contributed by atoms with E-state index in [0.717, 1.165) is 6.42 Å². The van der Waals surface area contributed by atoms with Crippen LogP contribution in [0.1, 0.15) is 26.7 Å². The molecule has 0 aromatic rings. The molecule has 1 aliphatic rings. The molecule has 92 valence electrons. The monoisotopic (exact) mass is 237 g/mol. The lowest BCUT2D eigenvalue weighted by Crippen LogP contribution is -2.30. The van der Waals surface area contributed by atoms with Crippen LogP contribution in [-0.2, 0) is 19.1 Å². The summed E-state index contributed by atoms with van der Waals surface area (Å²) < 4.78 is 4.81. The molecule has 0 bridgehead atoms. The first-order valence-electron chi connectivity index (χ1n) is 5.43. The maximum Gasteiger partial charge on any atom is 0.303 e. The fraction of sp³-hybridized carbons (Fsp3) is 0.417. The first kappa shape index (κ1) is 13.2. The molecule has 1 aliphatic carbocycles. The summed E-state index contributed by atoms with van der Waals surface area (Å²) in [6.45, 7) is 3.13. The highest BCUT2D eigenvalue weighted by molar-refractivity contribution is 5.98. The third-order valence-electron chi connectivity index (χ3n) is 2.09. The van der Waals surface area contributed by atoms with Crippen molar-refractivity contribution in [1.82, 2.24) is 5.32 Å². The van der Waals surface area contributed by atoms with Crippen molar-refractivity contribution in [3.8, 4) is 0 Å². The SMILES string of the molecule is CCCC(=O)NC1=C[C@@H](OC(C)=O)C(=O)C=C1. The molecule has 0 fully saturated rings. The van der Waals surface area contributed by atoms with Crippen molar-refractivity contribution < 1.29 is 19.1 Å². The molecule has 5 nitrogen and oxygen atoms in total. The molecule has 1 rings (SSSR count). The van der Waals surface area contributed by atoms with E-state index >= 15 is 0 Å². The van der Waals surface area contributed by atoms with Crippen LogP contribution in [0.15, 0.2) is 23.9 Å². The Kier molecular flexibility index (Phi) is 4.63. The first-order valence-corrected chi connectivity index (χ1v) is 5.43. The Morgan fingerprint density at radius 3 is 2.71 bits per heavy atom. The van der Waals surface area contributed by atoms with Crippen LogP contribution in [0.5, 0.6) is 0 Å². The molecule has 0 aromatic heterocycles.